The molecule has 0 aromatic heterocycles. The van der Waals surface area contributed by atoms with Crippen molar-refractivity contribution < 1.29 is 12.8 Å². The molecule has 1 aromatic rings. The van der Waals surface area contributed by atoms with Gasteiger partial charge in [-0.2, -0.15) is 0 Å². The Bertz CT molecular complexity index is 460. The van der Waals surface area contributed by atoms with Crippen LogP contribution in [0.5, 0.6) is 0 Å². The van der Waals surface area contributed by atoms with E-state index in [1.54, 1.807) is 12.1 Å². The van der Waals surface area contributed by atoms with Gasteiger partial charge in [0.25, 0.3) is 0 Å². The Balaban J connectivity index is 2.71. The smallest absolute Gasteiger partial charge is 0.148 e. The van der Waals surface area contributed by atoms with Crippen molar-refractivity contribution in [1.29, 1.82) is 0 Å². The van der Waals surface area contributed by atoms with E-state index in [1.165, 1.54) is 24.1 Å². The van der Waals surface area contributed by atoms with E-state index in [9.17, 15) is 12.8 Å². The SMILES string of the molecule is CS(=O)(=O)CCSc1cccc(F)c1CN. The molecule has 3 nitrogen and oxygen atoms in total. The van der Waals surface area contributed by atoms with Crippen molar-refractivity contribution in [3.05, 3.63) is 29.6 Å². The lowest BCUT2D eigenvalue weighted by Gasteiger charge is -2.07. The predicted molar refractivity (Wildman–Crippen MR) is 64.7 cm³/mol. The number of hydrogen-bond donors (Lipinski definition) is 1. The molecule has 0 atom stereocenters. The summed E-state index contributed by atoms with van der Waals surface area (Å²) in [6, 6.07) is 4.69. The lowest BCUT2D eigenvalue weighted by molar-refractivity contribution is 0.603. The highest BCUT2D eigenvalue weighted by atomic mass is 32.2. The van der Waals surface area contributed by atoms with Crippen molar-refractivity contribution in [3.63, 3.8) is 0 Å². The highest BCUT2D eigenvalue weighted by Crippen LogP contribution is 2.24. The molecule has 0 spiro atoms. The second kappa shape index (κ2) is 5.65. The molecule has 90 valence electrons. The zero-order valence-electron chi connectivity index (χ0n) is 8.94. The van der Waals surface area contributed by atoms with Gasteiger partial charge in [0.1, 0.15) is 15.7 Å². The summed E-state index contributed by atoms with van der Waals surface area (Å²) < 4.78 is 35.2. The minimum atomic E-state index is -2.97. The molecule has 1 rings (SSSR count). The Morgan fingerprint density at radius 2 is 2.12 bits per heavy atom. The average Bonchev–Trinajstić information content (AvgIpc) is 2.16. The van der Waals surface area contributed by atoms with Crippen molar-refractivity contribution in [2.45, 2.75) is 11.4 Å². The molecule has 0 fully saturated rings. The van der Waals surface area contributed by atoms with Crippen LogP contribution in [0.15, 0.2) is 23.1 Å². The summed E-state index contributed by atoms with van der Waals surface area (Å²) in [7, 11) is -2.97. The maximum absolute atomic E-state index is 13.3. The average molecular weight is 263 g/mol. The standard InChI is InChI=1S/C10H14FNO2S2/c1-16(13,14)6-5-15-10-4-2-3-9(11)8(10)7-12/h2-4H,5-7,12H2,1H3. The van der Waals surface area contributed by atoms with Gasteiger partial charge < -0.3 is 5.73 Å². The molecule has 0 heterocycles. The van der Waals surface area contributed by atoms with Gasteiger partial charge in [-0.15, -0.1) is 11.8 Å². The first kappa shape index (κ1) is 13.5. The van der Waals surface area contributed by atoms with Gasteiger partial charge in [0.2, 0.25) is 0 Å². The van der Waals surface area contributed by atoms with Gasteiger partial charge >= 0.3 is 0 Å². The Morgan fingerprint density at radius 1 is 1.44 bits per heavy atom. The Labute approximate surface area is 99.1 Å². The summed E-state index contributed by atoms with van der Waals surface area (Å²) in [5, 5.41) is 0. The molecule has 0 aliphatic rings. The summed E-state index contributed by atoms with van der Waals surface area (Å²) in [4.78, 5) is 0.714. The molecular weight excluding hydrogens is 249 g/mol. The first-order valence-electron chi connectivity index (χ1n) is 4.72. The molecule has 16 heavy (non-hydrogen) atoms. The Morgan fingerprint density at radius 3 is 2.69 bits per heavy atom. The highest BCUT2D eigenvalue weighted by Gasteiger charge is 2.08. The lowest BCUT2D eigenvalue weighted by atomic mass is 10.2. The topological polar surface area (TPSA) is 60.2 Å². The van der Waals surface area contributed by atoms with Crippen LogP contribution in [0.4, 0.5) is 4.39 Å². The van der Waals surface area contributed by atoms with E-state index in [2.05, 4.69) is 0 Å². The quantitative estimate of drug-likeness (QED) is 0.816. The number of thioether (sulfide) groups is 1. The first-order chi connectivity index (χ1) is 7.44. The maximum atomic E-state index is 13.3. The summed E-state index contributed by atoms with van der Waals surface area (Å²) in [5.41, 5.74) is 5.88. The summed E-state index contributed by atoms with van der Waals surface area (Å²) in [5.74, 6) is 0.153. The van der Waals surface area contributed by atoms with Crippen molar-refractivity contribution in [3.8, 4) is 0 Å². The number of halogens is 1. The molecule has 2 N–H and O–H groups in total. The van der Waals surface area contributed by atoms with E-state index in [0.717, 1.165) is 0 Å². The van der Waals surface area contributed by atoms with E-state index in [0.29, 0.717) is 16.2 Å². The Hall–Kier alpha value is -0.590. The molecular formula is C10H14FNO2S2. The van der Waals surface area contributed by atoms with Gasteiger partial charge in [-0.25, -0.2) is 12.8 Å². The van der Waals surface area contributed by atoms with Crippen LogP contribution < -0.4 is 5.73 Å². The highest BCUT2D eigenvalue weighted by molar-refractivity contribution is 8.00. The molecule has 0 radical (unpaired) electrons. The molecule has 0 saturated heterocycles. The van der Waals surface area contributed by atoms with E-state index in [1.807, 2.05) is 0 Å². The van der Waals surface area contributed by atoms with Crippen LogP contribution in [0.2, 0.25) is 0 Å². The summed E-state index contributed by atoms with van der Waals surface area (Å²) in [6.45, 7) is 0.119. The van der Waals surface area contributed by atoms with Crippen molar-refractivity contribution in [1.82, 2.24) is 0 Å². The van der Waals surface area contributed by atoms with Gasteiger partial charge in [-0.3, -0.25) is 0 Å². The third-order valence-corrected chi connectivity index (χ3v) is 4.30. The Kier molecular flexibility index (Phi) is 4.76. The number of sulfone groups is 1. The summed E-state index contributed by atoms with van der Waals surface area (Å²) in [6.07, 6.45) is 1.18. The zero-order valence-corrected chi connectivity index (χ0v) is 10.6. The third-order valence-electron chi connectivity index (χ3n) is 1.99. The first-order valence-corrected chi connectivity index (χ1v) is 7.76. The van der Waals surface area contributed by atoms with Crippen LogP contribution in [-0.2, 0) is 16.4 Å². The molecule has 0 unspecified atom stereocenters. The van der Waals surface area contributed by atoms with E-state index in [-0.39, 0.29) is 18.1 Å². The molecule has 6 heteroatoms. The number of rotatable bonds is 5. The van der Waals surface area contributed by atoms with E-state index >= 15 is 0 Å². The van der Waals surface area contributed by atoms with Crippen molar-refractivity contribution in [2.75, 3.05) is 17.8 Å². The van der Waals surface area contributed by atoms with Gasteiger partial charge in [-0.05, 0) is 12.1 Å². The molecule has 0 amide bonds. The zero-order chi connectivity index (χ0) is 12.2. The second-order valence-electron chi connectivity index (χ2n) is 3.40. The molecule has 0 bridgehead atoms. The van der Waals surface area contributed by atoms with Crippen molar-refractivity contribution in [2.24, 2.45) is 5.73 Å². The maximum Gasteiger partial charge on any atom is 0.148 e. The molecule has 0 aliphatic heterocycles. The summed E-state index contributed by atoms with van der Waals surface area (Å²) >= 11 is 1.31. The lowest BCUT2D eigenvalue weighted by Crippen LogP contribution is -2.06. The molecule has 0 saturated carbocycles. The fourth-order valence-corrected chi connectivity index (χ4v) is 3.47. The van der Waals surface area contributed by atoms with Gasteiger partial charge in [-0.1, -0.05) is 6.07 Å². The number of benzene rings is 1. The van der Waals surface area contributed by atoms with Gasteiger partial charge in [0, 0.05) is 29.0 Å². The van der Waals surface area contributed by atoms with Crippen molar-refractivity contribution >= 4 is 21.6 Å². The minimum Gasteiger partial charge on any atom is -0.326 e. The van der Waals surface area contributed by atoms with Crippen LogP contribution >= 0.6 is 11.8 Å². The molecule has 1 aromatic carbocycles. The van der Waals surface area contributed by atoms with Crippen LogP contribution in [-0.4, -0.2) is 26.2 Å². The number of hydrogen-bond acceptors (Lipinski definition) is 4. The third kappa shape index (κ3) is 4.11. The van der Waals surface area contributed by atoms with E-state index in [4.69, 9.17) is 5.73 Å². The van der Waals surface area contributed by atoms with Gasteiger partial charge in [0.05, 0.1) is 5.75 Å². The fraction of sp³-hybridized carbons (Fsp3) is 0.400. The van der Waals surface area contributed by atoms with Crippen LogP contribution in [0.1, 0.15) is 5.56 Å². The minimum absolute atomic E-state index is 0.0815. The predicted octanol–water partition coefficient (Wildman–Crippen LogP) is 1.42. The monoisotopic (exact) mass is 263 g/mol. The van der Waals surface area contributed by atoms with Crippen LogP contribution in [0.25, 0.3) is 0 Å². The van der Waals surface area contributed by atoms with Crippen LogP contribution in [0, 0.1) is 5.82 Å². The van der Waals surface area contributed by atoms with E-state index < -0.39 is 9.84 Å². The van der Waals surface area contributed by atoms with Gasteiger partial charge in [0.15, 0.2) is 0 Å². The normalized spacial score (nSPS) is 11.7. The molecule has 0 aliphatic carbocycles. The van der Waals surface area contributed by atoms with Crippen LogP contribution in [0.3, 0.4) is 0 Å². The fourth-order valence-electron chi connectivity index (χ4n) is 1.18. The second-order valence-corrected chi connectivity index (χ2v) is 6.80. The largest absolute Gasteiger partial charge is 0.326 e. The number of nitrogens with two attached hydrogens (primary N) is 1.